The lowest BCUT2D eigenvalue weighted by molar-refractivity contribution is -0.121. The Balaban J connectivity index is 1.56. The van der Waals surface area contributed by atoms with E-state index < -0.39 is 0 Å². The van der Waals surface area contributed by atoms with Gasteiger partial charge in [-0.3, -0.25) is 19.3 Å². The Morgan fingerprint density at radius 2 is 1.67 bits per heavy atom. The minimum atomic E-state index is -0.205. The first-order valence-electron chi connectivity index (χ1n) is 9.99. The molecule has 0 aromatic heterocycles. The van der Waals surface area contributed by atoms with Crippen molar-refractivity contribution in [1.82, 2.24) is 4.90 Å². The molecular formula is C23H24N2O5. The maximum Gasteiger partial charge on any atom is 0.254 e. The third-order valence-corrected chi connectivity index (χ3v) is 5.50. The van der Waals surface area contributed by atoms with Gasteiger partial charge in [-0.15, -0.1) is 0 Å². The van der Waals surface area contributed by atoms with E-state index in [0.29, 0.717) is 29.3 Å². The number of ether oxygens (including phenoxy) is 2. The van der Waals surface area contributed by atoms with E-state index >= 15 is 0 Å². The van der Waals surface area contributed by atoms with Crippen LogP contribution in [0.15, 0.2) is 42.5 Å². The number of nitrogens with zero attached hydrogens (tertiary/aromatic N) is 2. The summed E-state index contributed by atoms with van der Waals surface area (Å²) < 4.78 is 10.8. The first kappa shape index (κ1) is 19.9. The van der Waals surface area contributed by atoms with Crippen molar-refractivity contribution >= 4 is 23.4 Å². The summed E-state index contributed by atoms with van der Waals surface area (Å²) >= 11 is 0. The van der Waals surface area contributed by atoms with Crippen LogP contribution in [-0.2, 0) is 16.1 Å². The van der Waals surface area contributed by atoms with E-state index in [2.05, 4.69) is 0 Å². The Kier molecular flexibility index (Phi) is 5.44. The van der Waals surface area contributed by atoms with Crippen LogP contribution >= 0.6 is 0 Å². The van der Waals surface area contributed by atoms with Gasteiger partial charge in [0, 0.05) is 30.0 Å². The molecule has 1 heterocycles. The predicted molar refractivity (Wildman–Crippen MR) is 111 cm³/mol. The molecule has 1 saturated carbocycles. The average Bonchev–Trinajstić information content (AvgIpc) is 3.55. The highest BCUT2D eigenvalue weighted by atomic mass is 16.5. The molecule has 3 amide bonds. The summed E-state index contributed by atoms with van der Waals surface area (Å²) in [6, 6.07) is 12.4. The van der Waals surface area contributed by atoms with Crippen LogP contribution in [-0.4, -0.2) is 42.9 Å². The Morgan fingerprint density at radius 3 is 2.23 bits per heavy atom. The van der Waals surface area contributed by atoms with Gasteiger partial charge in [0.05, 0.1) is 26.5 Å². The summed E-state index contributed by atoms with van der Waals surface area (Å²) in [6.07, 6.45) is 2.40. The molecule has 7 nitrogen and oxygen atoms in total. The molecule has 2 aromatic carbocycles. The number of carbonyl (C=O) groups is 3. The molecule has 0 spiro atoms. The molecule has 0 radical (unpaired) electrons. The Morgan fingerprint density at radius 1 is 1.00 bits per heavy atom. The van der Waals surface area contributed by atoms with Crippen LogP contribution in [0.2, 0.25) is 0 Å². The molecule has 7 heteroatoms. The van der Waals surface area contributed by atoms with E-state index in [-0.39, 0.29) is 36.6 Å². The van der Waals surface area contributed by atoms with Gasteiger partial charge < -0.3 is 14.4 Å². The van der Waals surface area contributed by atoms with Crippen LogP contribution in [0, 0.1) is 0 Å². The molecule has 0 N–H and O–H groups in total. The highest BCUT2D eigenvalue weighted by Gasteiger charge is 2.34. The minimum absolute atomic E-state index is 0.0898. The summed E-state index contributed by atoms with van der Waals surface area (Å²) in [5.41, 5.74) is 1.90. The molecule has 1 saturated heterocycles. The molecule has 2 aliphatic rings. The van der Waals surface area contributed by atoms with Gasteiger partial charge in [-0.2, -0.15) is 0 Å². The fraction of sp³-hybridized carbons (Fsp3) is 0.348. The highest BCUT2D eigenvalue weighted by Crippen LogP contribution is 2.33. The summed E-state index contributed by atoms with van der Waals surface area (Å²) in [5, 5.41) is 0. The fourth-order valence-electron chi connectivity index (χ4n) is 3.73. The lowest BCUT2D eigenvalue weighted by Crippen LogP contribution is -2.33. The Hall–Kier alpha value is -3.35. The second-order valence-corrected chi connectivity index (χ2v) is 7.51. The molecule has 2 aromatic rings. The van der Waals surface area contributed by atoms with Crippen molar-refractivity contribution in [3.8, 4) is 11.5 Å². The van der Waals surface area contributed by atoms with E-state index in [1.807, 2.05) is 23.1 Å². The SMILES string of the molecule is COc1ccc(OC)c(CN(C(=O)c2ccc(N3C(=O)CCC3=O)cc2)C2CC2)c1. The summed E-state index contributed by atoms with van der Waals surface area (Å²) in [6.45, 7) is 0.411. The van der Waals surface area contributed by atoms with Crippen molar-refractivity contribution < 1.29 is 23.9 Å². The van der Waals surface area contributed by atoms with Gasteiger partial charge in [-0.25, -0.2) is 0 Å². The number of anilines is 1. The molecule has 0 atom stereocenters. The highest BCUT2D eigenvalue weighted by molar-refractivity contribution is 6.19. The molecule has 1 aliphatic heterocycles. The van der Waals surface area contributed by atoms with E-state index in [0.717, 1.165) is 18.4 Å². The van der Waals surface area contributed by atoms with Gasteiger partial charge in [0.25, 0.3) is 5.91 Å². The number of rotatable bonds is 7. The smallest absolute Gasteiger partial charge is 0.254 e. The second kappa shape index (κ2) is 8.18. The predicted octanol–water partition coefficient (Wildman–Crippen LogP) is 3.16. The van der Waals surface area contributed by atoms with Crippen LogP contribution < -0.4 is 14.4 Å². The largest absolute Gasteiger partial charge is 0.497 e. The van der Waals surface area contributed by atoms with Crippen molar-refractivity contribution in [2.45, 2.75) is 38.3 Å². The molecule has 2 fully saturated rings. The first-order chi connectivity index (χ1) is 14.5. The van der Waals surface area contributed by atoms with E-state index in [1.54, 1.807) is 38.5 Å². The number of imide groups is 1. The summed E-state index contributed by atoms with van der Waals surface area (Å²) in [4.78, 5) is 40.2. The number of benzene rings is 2. The maximum atomic E-state index is 13.3. The number of hydrogen-bond donors (Lipinski definition) is 0. The van der Waals surface area contributed by atoms with E-state index in [9.17, 15) is 14.4 Å². The molecule has 0 bridgehead atoms. The van der Waals surface area contributed by atoms with Crippen LogP contribution in [0.5, 0.6) is 11.5 Å². The zero-order valence-electron chi connectivity index (χ0n) is 17.1. The molecule has 30 heavy (non-hydrogen) atoms. The fourth-order valence-corrected chi connectivity index (χ4v) is 3.73. The standard InChI is InChI=1S/C23H24N2O5/c1-29-19-9-10-20(30-2)16(13-19)14-24(17-7-8-17)23(28)15-3-5-18(6-4-15)25-21(26)11-12-22(25)27/h3-6,9-10,13,17H,7-8,11-12,14H2,1-2H3. The van der Waals surface area contributed by atoms with Gasteiger partial charge >= 0.3 is 0 Å². The number of carbonyl (C=O) groups excluding carboxylic acids is 3. The number of hydrogen-bond acceptors (Lipinski definition) is 5. The monoisotopic (exact) mass is 408 g/mol. The first-order valence-corrected chi connectivity index (χ1v) is 9.99. The number of amides is 3. The van der Waals surface area contributed by atoms with Gasteiger partial charge in [-0.05, 0) is 55.3 Å². The van der Waals surface area contributed by atoms with Crippen LogP contribution in [0.25, 0.3) is 0 Å². The van der Waals surface area contributed by atoms with Crippen LogP contribution in [0.3, 0.4) is 0 Å². The van der Waals surface area contributed by atoms with Crippen molar-refractivity contribution in [3.05, 3.63) is 53.6 Å². The van der Waals surface area contributed by atoms with Gasteiger partial charge in [0.2, 0.25) is 11.8 Å². The molecule has 0 unspecified atom stereocenters. The summed E-state index contributed by atoms with van der Waals surface area (Å²) in [5.74, 6) is 0.912. The average molecular weight is 408 g/mol. The van der Waals surface area contributed by atoms with E-state index in [4.69, 9.17) is 9.47 Å². The molecule has 1 aliphatic carbocycles. The third-order valence-electron chi connectivity index (χ3n) is 5.50. The Labute approximate surface area is 175 Å². The topological polar surface area (TPSA) is 76.2 Å². The zero-order valence-corrected chi connectivity index (χ0v) is 17.1. The lowest BCUT2D eigenvalue weighted by Gasteiger charge is -2.24. The van der Waals surface area contributed by atoms with Crippen molar-refractivity contribution in [2.24, 2.45) is 0 Å². The number of methoxy groups -OCH3 is 2. The van der Waals surface area contributed by atoms with E-state index in [1.165, 1.54) is 4.90 Å². The quantitative estimate of drug-likeness (QED) is 0.658. The van der Waals surface area contributed by atoms with Crippen molar-refractivity contribution in [2.75, 3.05) is 19.1 Å². The maximum absolute atomic E-state index is 13.3. The molecular weight excluding hydrogens is 384 g/mol. The van der Waals surface area contributed by atoms with Crippen LogP contribution in [0.4, 0.5) is 5.69 Å². The van der Waals surface area contributed by atoms with Gasteiger partial charge in [0.15, 0.2) is 0 Å². The molecule has 4 rings (SSSR count). The van der Waals surface area contributed by atoms with Gasteiger partial charge in [0.1, 0.15) is 11.5 Å². The van der Waals surface area contributed by atoms with Crippen molar-refractivity contribution in [3.63, 3.8) is 0 Å². The lowest BCUT2D eigenvalue weighted by atomic mass is 10.1. The Bertz CT molecular complexity index is 966. The summed E-state index contributed by atoms with van der Waals surface area (Å²) in [7, 11) is 3.21. The normalized spacial score (nSPS) is 16.0. The minimum Gasteiger partial charge on any atom is -0.497 e. The zero-order chi connectivity index (χ0) is 21.3. The third kappa shape index (κ3) is 3.87. The van der Waals surface area contributed by atoms with Crippen molar-refractivity contribution in [1.29, 1.82) is 0 Å². The van der Waals surface area contributed by atoms with Gasteiger partial charge in [-0.1, -0.05) is 0 Å². The molecule has 156 valence electrons. The second-order valence-electron chi connectivity index (χ2n) is 7.51. The van der Waals surface area contributed by atoms with Crippen LogP contribution in [0.1, 0.15) is 41.6 Å².